The summed E-state index contributed by atoms with van der Waals surface area (Å²) in [5.41, 5.74) is 0.318. The number of ether oxygens (including phenoxy) is 1. The van der Waals surface area contributed by atoms with Gasteiger partial charge in [0.1, 0.15) is 0 Å². The number of hydrogen-bond donors (Lipinski definition) is 0. The summed E-state index contributed by atoms with van der Waals surface area (Å²) in [5, 5.41) is 0. The fourth-order valence-electron chi connectivity index (χ4n) is 2.55. The van der Waals surface area contributed by atoms with Crippen LogP contribution in [0.3, 0.4) is 0 Å². The molecule has 0 heterocycles. The van der Waals surface area contributed by atoms with Gasteiger partial charge in [0.25, 0.3) is 0 Å². The maximum atomic E-state index is 10.8. The summed E-state index contributed by atoms with van der Waals surface area (Å²) >= 11 is 0. The lowest BCUT2D eigenvalue weighted by molar-refractivity contribution is -0.145. The quantitative estimate of drug-likeness (QED) is 0.648. The Morgan fingerprint density at radius 1 is 1.29 bits per heavy atom. The Hall–Kier alpha value is -0.530. The van der Waals surface area contributed by atoms with Crippen LogP contribution in [0, 0.1) is 5.41 Å². The molecule has 0 aliphatic heterocycles. The number of carbonyl (C=O) groups excluding carboxylic acids is 1. The fourth-order valence-corrected chi connectivity index (χ4v) is 2.55. The van der Waals surface area contributed by atoms with Gasteiger partial charge in [-0.2, -0.15) is 0 Å². The molecule has 0 saturated heterocycles. The van der Waals surface area contributed by atoms with Crippen LogP contribution in [-0.4, -0.2) is 12.6 Å². The first kappa shape index (κ1) is 11.5. The highest BCUT2D eigenvalue weighted by Crippen LogP contribution is 2.40. The van der Waals surface area contributed by atoms with E-state index < -0.39 is 0 Å². The molecule has 1 rings (SSSR count). The molecule has 0 aromatic carbocycles. The maximum absolute atomic E-state index is 10.8. The van der Waals surface area contributed by atoms with Gasteiger partial charge in [-0.25, -0.2) is 0 Å². The highest BCUT2D eigenvalue weighted by atomic mass is 16.5. The standard InChI is InChI=1S/C12H22O2/c1-3-7-12(10-14-11(2)13)8-5-4-6-9-12/h3-10H2,1-2H3. The lowest BCUT2D eigenvalue weighted by atomic mass is 9.72. The predicted molar refractivity (Wildman–Crippen MR) is 57.1 cm³/mol. The molecular formula is C12H22O2. The van der Waals surface area contributed by atoms with Crippen molar-refractivity contribution in [3.05, 3.63) is 0 Å². The second-order valence-corrected chi connectivity index (χ2v) is 4.59. The average molecular weight is 198 g/mol. The van der Waals surface area contributed by atoms with E-state index in [4.69, 9.17) is 4.74 Å². The monoisotopic (exact) mass is 198 g/mol. The van der Waals surface area contributed by atoms with Crippen molar-refractivity contribution in [2.24, 2.45) is 5.41 Å². The van der Waals surface area contributed by atoms with Gasteiger partial charge in [-0.05, 0) is 19.3 Å². The van der Waals surface area contributed by atoms with Gasteiger partial charge in [0.15, 0.2) is 0 Å². The van der Waals surface area contributed by atoms with Gasteiger partial charge in [0.05, 0.1) is 6.61 Å². The minimum atomic E-state index is -0.133. The van der Waals surface area contributed by atoms with E-state index in [1.165, 1.54) is 51.9 Å². The van der Waals surface area contributed by atoms with Crippen LogP contribution >= 0.6 is 0 Å². The third-order valence-corrected chi connectivity index (χ3v) is 3.28. The zero-order chi connectivity index (χ0) is 10.4. The molecule has 1 fully saturated rings. The molecule has 1 saturated carbocycles. The molecule has 2 nitrogen and oxygen atoms in total. The van der Waals surface area contributed by atoms with Crippen molar-refractivity contribution in [1.29, 1.82) is 0 Å². The molecule has 1 aliphatic rings. The maximum Gasteiger partial charge on any atom is 0.302 e. The highest BCUT2D eigenvalue weighted by molar-refractivity contribution is 5.65. The summed E-state index contributed by atoms with van der Waals surface area (Å²) in [6, 6.07) is 0. The van der Waals surface area contributed by atoms with Crippen LogP contribution in [0.2, 0.25) is 0 Å². The molecule has 82 valence electrons. The number of hydrogen-bond acceptors (Lipinski definition) is 2. The Balaban J connectivity index is 2.46. The zero-order valence-corrected chi connectivity index (χ0v) is 9.47. The first-order chi connectivity index (χ1) is 6.68. The molecule has 0 aromatic rings. The smallest absolute Gasteiger partial charge is 0.302 e. The average Bonchev–Trinajstić information content (AvgIpc) is 2.17. The van der Waals surface area contributed by atoms with Crippen molar-refractivity contribution in [1.82, 2.24) is 0 Å². The van der Waals surface area contributed by atoms with E-state index in [9.17, 15) is 4.79 Å². The van der Waals surface area contributed by atoms with Gasteiger partial charge in [0, 0.05) is 12.3 Å². The van der Waals surface area contributed by atoms with Crippen molar-refractivity contribution >= 4 is 5.97 Å². The van der Waals surface area contributed by atoms with Crippen LogP contribution in [0.1, 0.15) is 58.8 Å². The molecule has 0 unspecified atom stereocenters. The van der Waals surface area contributed by atoms with E-state index in [-0.39, 0.29) is 5.97 Å². The van der Waals surface area contributed by atoms with Crippen molar-refractivity contribution < 1.29 is 9.53 Å². The van der Waals surface area contributed by atoms with Gasteiger partial charge >= 0.3 is 5.97 Å². The summed E-state index contributed by atoms with van der Waals surface area (Å²) in [7, 11) is 0. The largest absolute Gasteiger partial charge is 0.465 e. The highest BCUT2D eigenvalue weighted by Gasteiger charge is 2.32. The van der Waals surface area contributed by atoms with Crippen molar-refractivity contribution in [2.45, 2.75) is 58.8 Å². The summed E-state index contributed by atoms with van der Waals surface area (Å²) in [6.07, 6.45) is 8.86. The molecule has 1 aliphatic carbocycles. The van der Waals surface area contributed by atoms with E-state index in [0.29, 0.717) is 12.0 Å². The lowest BCUT2D eigenvalue weighted by Gasteiger charge is -2.36. The number of esters is 1. The third kappa shape index (κ3) is 3.32. The lowest BCUT2D eigenvalue weighted by Crippen LogP contribution is -2.30. The number of rotatable bonds is 4. The minimum absolute atomic E-state index is 0.133. The first-order valence-corrected chi connectivity index (χ1v) is 5.82. The van der Waals surface area contributed by atoms with Gasteiger partial charge < -0.3 is 4.74 Å². The molecule has 0 N–H and O–H groups in total. The number of carbonyl (C=O) groups is 1. The van der Waals surface area contributed by atoms with E-state index in [0.717, 1.165) is 0 Å². The van der Waals surface area contributed by atoms with Crippen molar-refractivity contribution in [3.63, 3.8) is 0 Å². The predicted octanol–water partition coefficient (Wildman–Crippen LogP) is 3.30. The van der Waals surface area contributed by atoms with Gasteiger partial charge in [0.2, 0.25) is 0 Å². The SMILES string of the molecule is CCCC1(COC(C)=O)CCCCC1. The topological polar surface area (TPSA) is 26.3 Å². The van der Waals surface area contributed by atoms with Gasteiger partial charge in [-0.15, -0.1) is 0 Å². The van der Waals surface area contributed by atoms with Crippen LogP contribution in [-0.2, 0) is 9.53 Å². The van der Waals surface area contributed by atoms with Crippen LogP contribution in [0.5, 0.6) is 0 Å². The fraction of sp³-hybridized carbons (Fsp3) is 0.917. The normalized spacial score (nSPS) is 20.4. The minimum Gasteiger partial charge on any atom is -0.465 e. The second-order valence-electron chi connectivity index (χ2n) is 4.59. The molecule has 0 amide bonds. The third-order valence-electron chi connectivity index (χ3n) is 3.28. The van der Waals surface area contributed by atoms with E-state index in [1.807, 2.05) is 0 Å². The Bertz CT molecular complexity index is 175. The Kier molecular flexibility index (Phi) is 4.43. The van der Waals surface area contributed by atoms with E-state index >= 15 is 0 Å². The Morgan fingerprint density at radius 2 is 1.93 bits per heavy atom. The molecule has 0 radical (unpaired) electrons. The molecule has 14 heavy (non-hydrogen) atoms. The first-order valence-electron chi connectivity index (χ1n) is 5.82. The van der Waals surface area contributed by atoms with Crippen LogP contribution < -0.4 is 0 Å². The zero-order valence-electron chi connectivity index (χ0n) is 9.47. The Morgan fingerprint density at radius 3 is 2.43 bits per heavy atom. The van der Waals surface area contributed by atoms with Crippen molar-refractivity contribution in [2.75, 3.05) is 6.61 Å². The summed E-state index contributed by atoms with van der Waals surface area (Å²) in [6.45, 7) is 4.36. The van der Waals surface area contributed by atoms with Crippen LogP contribution in [0.25, 0.3) is 0 Å². The molecule has 0 spiro atoms. The van der Waals surface area contributed by atoms with E-state index in [2.05, 4.69) is 6.92 Å². The molecule has 0 aromatic heterocycles. The summed E-state index contributed by atoms with van der Waals surface area (Å²) in [4.78, 5) is 10.8. The summed E-state index contributed by atoms with van der Waals surface area (Å²) < 4.78 is 5.20. The van der Waals surface area contributed by atoms with Crippen LogP contribution in [0.4, 0.5) is 0 Å². The molecule has 0 atom stereocenters. The van der Waals surface area contributed by atoms with Gasteiger partial charge in [-0.1, -0.05) is 32.6 Å². The van der Waals surface area contributed by atoms with E-state index in [1.54, 1.807) is 0 Å². The summed E-state index contributed by atoms with van der Waals surface area (Å²) in [5.74, 6) is -0.133. The molecular weight excluding hydrogens is 176 g/mol. The molecule has 2 heteroatoms. The molecule has 0 bridgehead atoms. The second kappa shape index (κ2) is 5.38. The van der Waals surface area contributed by atoms with Crippen molar-refractivity contribution in [3.8, 4) is 0 Å². The Labute approximate surface area is 87.0 Å². The van der Waals surface area contributed by atoms with Crippen LogP contribution in [0.15, 0.2) is 0 Å². The van der Waals surface area contributed by atoms with Gasteiger partial charge in [-0.3, -0.25) is 4.79 Å².